The van der Waals surface area contributed by atoms with Crippen LogP contribution >= 0.6 is 11.8 Å². The second kappa shape index (κ2) is 7.72. The van der Waals surface area contributed by atoms with Gasteiger partial charge in [0.1, 0.15) is 17.3 Å². The summed E-state index contributed by atoms with van der Waals surface area (Å²) in [6.45, 7) is 4.04. The van der Waals surface area contributed by atoms with E-state index in [-0.39, 0.29) is 11.7 Å². The van der Waals surface area contributed by atoms with Crippen LogP contribution in [0.5, 0.6) is 0 Å². The first-order valence-electron chi connectivity index (χ1n) is 9.09. The molecule has 0 N–H and O–H groups in total. The maximum absolute atomic E-state index is 13.4. The molecular weight excluding hydrogens is 387 g/mol. The molecule has 0 spiro atoms. The Kier molecular flexibility index (Phi) is 5.11. The Morgan fingerprint density at radius 2 is 1.83 bits per heavy atom. The molecule has 3 aromatic rings. The van der Waals surface area contributed by atoms with Crippen LogP contribution in [0.2, 0.25) is 0 Å². The predicted octanol–water partition coefficient (Wildman–Crippen LogP) is 5.94. The summed E-state index contributed by atoms with van der Waals surface area (Å²) in [5.41, 5.74) is 3.71. The molecule has 1 aliphatic rings. The molecule has 6 heteroatoms. The van der Waals surface area contributed by atoms with Crippen LogP contribution in [0, 0.1) is 19.7 Å². The summed E-state index contributed by atoms with van der Waals surface area (Å²) >= 11 is 1.30. The summed E-state index contributed by atoms with van der Waals surface area (Å²) in [5, 5.41) is 0.614. The Hall–Kier alpha value is -3.12. The summed E-state index contributed by atoms with van der Waals surface area (Å²) in [7, 11) is 1.71. The Balaban J connectivity index is 1.60. The number of aliphatic imine (C=N–C) groups is 1. The zero-order chi connectivity index (χ0) is 20.5. The van der Waals surface area contributed by atoms with Gasteiger partial charge in [-0.3, -0.25) is 9.69 Å². The molecular formula is C23H19FN2O2S. The summed E-state index contributed by atoms with van der Waals surface area (Å²) in [5.74, 6) is 0.612. The van der Waals surface area contributed by atoms with E-state index in [1.165, 1.54) is 28.8 Å². The summed E-state index contributed by atoms with van der Waals surface area (Å²) in [6.07, 6.45) is 1.69. The molecule has 0 radical (unpaired) electrons. The SMILES string of the molecule is Cc1cc(C)cc(N=C2S/C(=C\c3ccc(-c4cccc(F)c4)o3)C(=O)N2C)c1. The molecule has 0 atom stereocenters. The lowest BCUT2D eigenvalue weighted by Crippen LogP contribution is -2.23. The predicted molar refractivity (Wildman–Crippen MR) is 115 cm³/mol. The molecule has 0 saturated carbocycles. The van der Waals surface area contributed by atoms with Crippen molar-refractivity contribution in [1.82, 2.24) is 4.90 Å². The standard InChI is InChI=1S/C23H19FN2O2S/c1-14-9-15(2)11-18(10-14)25-23-26(3)22(27)21(29-23)13-19-7-8-20(28-19)16-5-4-6-17(24)12-16/h4-13H,1-3H3/b21-13-,25-23?. The van der Waals surface area contributed by atoms with Crippen molar-refractivity contribution in [1.29, 1.82) is 0 Å². The number of hydrogen-bond acceptors (Lipinski definition) is 4. The van der Waals surface area contributed by atoms with E-state index in [9.17, 15) is 9.18 Å². The van der Waals surface area contributed by atoms with Gasteiger partial charge in [0.15, 0.2) is 5.17 Å². The summed E-state index contributed by atoms with van der Waals surface area (Å²) in [4.78, 5) is 19.3. The average molecular weight is 406 g/mol. The normalized spacial score (nSPS) is 17.0. The van der Waals surface area contributed by atoms with E-state index in [0.717, 1.165) is 16.8 Å². The van der Waals surface area contributed by atoms with Gasteiger partial charge in [0.2, 0.25) is 0 Å². The Morgan fingerprint density at radius 1 is 1.07 bits per heavy atom. The highest BCUT2D eigenvalue weighted by Crippen LogP contribution is 2.34. The van der Waals surface area contributed by atoms with Gasteiger partial charge in [0.25, 0.3) is 5.91 Å². The third-order valence-corrected chi connectivity index (χ3v) is 5.50. The number of carbonyl (C=O) groups is 1. The fourth-order valence-corrected chi connectivity index (χ4v) is 4.10. The number of amidine groups is 1. The number of likely N-dealkylation sites (N-methyl/N-ethyl adjacent to an activating group) is 1. The lowest BCUT2D eigenvalue weighted by atomic mass is 10.1. The van der Waals surface area contributed by atoms with E-state index in [2.05, 4.69) is 11.1 Å². The van der Waals surface area contributed by atoms with Crippen molar-refractivity contribution in [3.63, 3.8) is 0 Å². The van der Waals surface area contributed by atoms with Gasteiger partial charge in [-0.15, -0.1) is 0 Å². The monoisotopic (exact) mass is 406 g/mol. The molecule has 4 rings (SSSR count). The molecule has 0 aliphatic carbocycles. The van der Waals surface area contributed by atoms with E-state index in [1.54, 1.807) is 37.4 Å². The smallest absolute Gasteiger partial charge is 0.266 e. The minimum absolute atomic E-state index is 0.137. The number of halogens is 1. The molecule has 146 valence electrons. The Bertz CT molecular complexity index is 1140. The van der Waals surface area contributed by atoms with Gasteiger partial charge in [0, 0.05) is 18.7 Å². The topological polar surface area (TPSA) is 45.8 Å². The second-order valence-corrected chi connectivity index (χ2v) is 7.94. The van der Waals surface area contributed by atoms with Gasteiger partial charge >= 0.3 is 0 Å². The molecule has 1 fully saturated rings. The highest BCUT2D eigenvalue weighted by atomic mass is 32.2. The third-order valence-electron chi connectivity index (χ3n) is 4.44. The van der Waals surface area contributed by atoms with Crippen LogP contribution in [0.3, 0.4) is 0 Å². The van der Waals surface area contributed by atoms with E-state index in [1.807, 2.05) is 26.0 Å². The largest absolute Gasteiger partial charge is 0.457 e. The van der Waals surface area contributed by atoms with Gasteiger partial charge in [-0.1, -0.05) is 18.2 Å². The van der Waals surface area contributed by atoms with Crippen molar-refractivity contribution in [2.24, 2.45) is 4.99 Å². The maximum Gasteiger partial charge on any atom is 0.266 e. The number of furan rings is 1. The molecule has 4 nitrogen and oxygen atoms in total. The van der Waals surface area contributed by atoms with Crippen LogP contribution in [0.25, 0.3) is 17.4 Å². The molecule has 1 saturated heterocycles. The summed E-state index contributed by atoms with van der Waals surface area (Å²) < 4.78 is 19.2. The number of benzene rings is 2. The molecule has 1 aliphatic heterocycles. The first-order chi connectivity index (χ1) is 13.9. The van der Waals surface area contributed by atoms with E-state index >= 15 is 0 Å². The number of hydrogen-bond donors (Lipinski definition) is 0. The minimum atomic E-state index is -0.325. The van der Waals surface area contributed by atoms with Crippen molar-refractivity contribution in [3.8, 4) is 11.3 Å². The highest BCUT2D eigenvalue weighted by Gasteiger charge is 2.30. The zero-order valence-electron chi connectivity index (χ0n) is 16.3. The van der Waals surface area contributed by atoms with Crippen molar-refractivity contribution >= 4 is 34.6 Å². The maximum atomic E-state index is 13.4. The molecule has 0 bridgehead atoms. The van der Waals surface area contributed by atoms with Crippen molar-refractivity contribution < 1.29 is 13.6 Å². The molecule has 0 unspecified atom stereocenters. The van der Waals surface area contributed by atoms with Gasteiger partial charge in [-0.25, -0.2) is 9.38 Å². The minimum Gasteiger partial charge on any atom is -0.457 e. The zero-order valence-corrected chi connectivity index (χ0v) is 17.1. The van der Waals surface area contributed by atoms with Gasteiger partial charge in [0.05, 0.1) is 10.6 Å². The summed E-state index contributed by atoms with van der Waals surface area (Å²) in [6, 6.07) is 15.8. The van der Waals surface area contributed by atoms with Gasteiger partial charge in [-0.2, -0.15) is 0 Å². The quantitative estimate of drug-likeness (QED) is 0.506. The van der Waals surface area contributed by atoms with Crippen LogP contribution < -0.4 is 0 Å². The molecule has 1 aromatic heterocycles. The van der Waals surface area contributed by atoms with Crippen LogP contribution in [0.1, 0.15) is 16.9 Å². The highest BCUT2D eigenvalue weighted by molar-refractivity contribution is 8.18. The molecule has 29 heavy (non-hydrogen) atoms. The number of rotatable bonds is 3. The fourth-order valence-electron chi connectivity index (χ4n) is 3.13. The number of aryl methyl sites for hydroxylation is 2. The number of thioether (sulfide) groups is 1. The number of nitrogens with zero attached hydrogens (tertiary/aromatic N) is 2. The average Bonchev–Trinajstić information content (AvgIpc) is 3.22. The first-order valence-corrected chi connectivity index (χ1v) is 9.91. The van der Waals surface area contributed by atoms with E-state index < -0.39 is 0 Å². The van der Waals surface area contributed by atoms with Crippen molar-refractivity contribution in [2.75, 3.05) is 7.05 Å². The lowest BCUT2D eigenvalue weighted by Gasteiger charge is -2.07. The van der Waals surface area contributed by atoms with Crippen molar-refractivity contribution in [3.05, 3.63) is 82.2 Å². The third kappa shape index (κ3) is 4.17. The fraction of sp³-hybridized carbons (Fsp3) is 0.130. The van der Waals surface area contributed by atoms with E-state index in [0.29, 0.717) is 27.2 Å². The molecule has 1 amide bonds. The van der Waals surface area contributed by atoms with Crippen molar-refractivity contribution in [2.45, 2.75) is 13.8 Å². The first kappa shape index (κ1) is 19.2. The van der Waals surface area contributed by atoms with Gasteiger partial charge in [-0.05, 0) is 73.1 Å². The molecule has 2 aromatic carbocycles. The van der Waals surface area contributed by atoms with Crippen LogP contribution in [-0.2, 0) is 4.79 Å². The second-order valence-electron chi connectivity index (χ2n) is 6.93. The van der Waals surface area contributed by atoms with E-state index in [4.69, 9.17) is 4.42 Å². The van der Waals surface area contributed by atoms with Crippen LogP contribution in [-0.4, -0.2) is 23.0 Å². The van der Waals surface area contributed by atoms with Crippen LogP contribution in [0.15, 0.2) is 68.9 Å². The Labute approximate surface area is 172 Å². The van der Waals surface area contributed by atoms with Gasteiger partial charge < -0.3 is 4.42 Å². The van der Waals surface area contributed by atoms with Crippen LogP contribution in [0.4, 0.5) is 10.1 Å². The lowest BCUT2D eigenvalue weighted by molar-refractivity contribution is -0.121. The Morgan fingerprint density at radius 3 is 2.55 bits per heavy atom. The number of carbonyl (C=O) groups excluding carboxylic acids is 1. The number of amides is 1. The molecule has 2 heterocycles.